The molecule has 1 amide bonds. The second-order valence-corrected chi connectivity index (χ2v) is 8.37. The summed E-state index contributed by atoms with van der Waals surface area (Å²) < 4.78 is 7.82. The molecular weight excluding hydrogens is 424 g/mol. The molecule has 0 fully saturated rings. The second kappa shape index (κ2) is 8.55. The van der Waals surface area contributed by atoms with E-state index in [4.69, 9.17) is 21.3 Å². The number of carbonyl (C=O) groups excluding carboxylic acids is 1. The first-order valence-electron chi connectivity index (χ1n) is 10.5. The fourth-order valence-electron chi connectivity index (χ4n) is 4.02. The van der Waals surface area contributed by atoms with Crippen LogP contribution < -0.4 is 15.0 Å². The minimum Gasteiger partial charge on any atom is -0.484 e. The van der Waals surface area contributed by atoms with E-state index in [1.54, 1.807) is 0 Å². The summed E-state index contributed by atoms with van der Waals surface area (Å²) in [5.41, 5.74) is 4.98. The minimum atomic E-state index is -0.190. The Morgan fingerprint density at radius 1 is 1.09 bits per heavy atom. The molecule has 4 aromatic rings. The van der Waals surface area contributed by atoms with Crippen molar-refractivity contribution in [2.24, 2.45) is 0 Å². The number of carbonyl (C=O) groups is 1. The van der Waals surface area contributed by atoms with E-state index in [0.717, 1.165) is 53.4 Å². The van der Waals surface area contributed by atoms with E-state index < -0.39 is 0 Å². The molecule has 0 unspecified atom stereocenters. The molecule has 0 saturated heterocycles. The van der Waals surface area contributed by atoms with Gasteiger partial charge in [-0.05, 0) is 67.1 Å². The van der Waals surface area contributed by atoms with Gasteiger partial charge in [0.25, 0.3) is 5.91 Å². The number of imidazole rings is 1. The topological polar surface area (TPSA) is 59.4 Å². The zero-order chi connectivity index (χ0) is 22.1. The highest BCUT2D eigenvalue weighted by molar-refractivity contribution is 6.31. The molecule has 3 aromatic carbocycles. The molecule has 0 radical (unpaired) electrons. The number of aromatic nitrogens is 2. The molecule has 5 rings (SSSR count). The lowest BCUT2D eigenvalue weighted by Crippen LogP contribution is -2.33. The SMILES string of the molecule is Cc1cccc(OCC(=O)Nc2ccc(N3CCn4c(nc5cc(Cl)ccc54)C3)cc2)c1. The monoisotopic (exact) mass is 446 g/mol. The maximum Gasteiger partial charge on any atom is 0.262 e. The summed E-state index contributed by atoms with van der Waals surface area (Å²) >= 11 is 6.12. The Kier molecular flexibility index (Phi) is 5.45. The van der Waals surface area contributed by atoms with Crippen LogP contribution in [-0.4, -0.2) is 28.6 Å². The number of halogens is 1. The Morgan fingerprint density at radius 2 is 1.94 bits per heavy atom. The van der Waals surface area contributed by atoms with Crippen LogP contribution >= 0.6 is 11.6 Å². The number of hydrogen-bond acceptors (Lipinski definition) is 4. The largest absolute Gasteiger partial charge is 0.484 e. The van der Waals surface area contributed by atoms with Crippen LogP contribution in [0.3, 0.4) is 0 Å². The van der Waals surface area contributed by atoms with Crippen LogP contribution in [0.4, 0.5) is 11.4 Å². The molecule has 2 heterocycles. The highest BCUT2D eigenvalue weighted by Crippen LogP contribution is 2.27. The van der Waals surface area contributed by atoms with Crippen molar-refractivity contribution in [1.29, 1.82) is 0 Å². The van der Waals surface area contributed by atoms with E-state index in [0.29, 0.717) is 10.8 Å². The number of benzene rings is 3. The number of ether oxygens (including phenoxy) is 1. The van der Waals surface area contributed by atoms with Gasteiger partial charge in [0, 0.05) is 29.5 Å². The summed E-state index contributed by atoms with van der Waals surface area (Å²) in [6, 6.07) is 21.4. The van der Waals surface area contributed by atoms with Gasteiger partial charge in [-0.2, -0.15) is 0 Å². The number of nitrogens with zero attached hydrogens (tertiary/aromatic N) is 3. The summed E-state index contributed by atoms with van der Waals surface area (Å²) in [5, 5.41) is 3.58. The van der Waals surface area contributed by atoms with Crippen molar-refractivity contribution in [2.75, 3.05) is 23.4 Å². The van der Waals surface area contributed by atoms with Crippen molar-refractivity contribution in [2.45, 2.75) is 20.0 Å². The van der Waals surface area contributed by atoms with Crippen molar-refractivity contribution >= 4 is 39.9 Å². The molecule has 32 heavy (non-hydrogen) atoms. The zero-order valence-corrected chi connectivity index (χ0v) is 18.5. The lowest BCUT2D eigenvalue weighted by molar-refractivity contribution is -0.118. The van der Waals surface area contributed by atoms with E-state index >= 15 is 0 Å². The van der Waals surface area contributed by atoms with Crippen LogP contribution in [-0.2, 0) is 17.9 Å². The predicted octanol–water partition coefficient (Wildman–Crippen LogP) is 5.04. The summed E-state index contributed by atoms with van der Waals surface area (Å²) in [5.74, 6) is 1.53. The smallest absolute Gasteiger partial charge is 0.262 e. The molecule has 1 aliphatic rings. The molecule has 0 aliphatic carbocycles. The standard InChI is InChI=1S/C25H23ClN4O2/c1-17-3-2-4-21(13-17)32-16-25(31)27-19-6-8-20(9-7-19)29-11-12-30-23-10-5-18(26)14-22(23)28-24(30)15-29/h2-10,13-14H,11-12,15-16H2,1H3,(H,27,31). The van der Waals surface area contributed by atoms with Gasteiger partial charge in [0.15, 0.2) is 6.61 Å². The van der Waals surface area contributed by atoms with Crippen LogP contribution in [0, 0.1) is 6.92 Å². The summed E-state index contributed by atoms with van der Waals surface area (Å²) in [6.07, 6.45) is 0. The van der Waals surface area contributed by atoms with Crippen LogP contribution in [0.5, 0.6) is 5.75 Å². The first-order chi connectivity index (χ1) is 15.5. The average Bonchev–Trinajstić information content (AvgIpc) is 3.15. The van der Waals surface area contributed by atoms with Gasteiger partial charge in [-0.1, -0.05) is 23.7 Å². The normalized spacial score (nSPS) is 13.1. The molecule has 0 atom stereocenters. The Bertz CT molecular complexity index is 1280. The molecule has 0 saturated carbocycles. The lowest BCUT2D eigenvalue weighted by Gasteiger charge is -2.30. The molecule has 7 heteroatoms. The van der Waals surface area contributed by atoms with Crippen LogP contribution in [0.1, 0.15) is 11.4 Å². The fourth-order valence-corrected chi connectivity index (χ4v) is 4.19. The Morgan fingerprint density at radius 3 is 2.75 bits per heavy atom. The number of fused-ring (bicyclic) bond motifs is 3. The Hall–Kier alpha value is -3.51. The van der Waals surface area contributed by atoms with Crippen LogP contribution in [0.2, 0.25) is 5.02 Å². The van der Waals surface area contributed by atoms with Gasteiger partial charge in [0.2, 0.25) is 0 Å². The highest BCUT2D eigenvalue weighted by atomic mass is 35.5. The van der Waals surface area contributed by atoms with Crippen molar-refractivity contribution in [3.8, 4) is 5.75 Å². The second-order valence-electron chi connectivity index (χ2n) is 7.93. The quantitative estimate of drug-likeness (QED) is 0.466. The van der Waals surface area contributed by atoms with E-state index in [1.165, 1.54) is 0 Å². The van der Waals surface area contributed by atoms with Gasteiger partial charge in [0.1, 0.15) is 11.6 Å². The molecule has 1 aromatic heterocycles. The van der Waals surface area contributed by atoms with E-state index in [-0.39, 0.29) is 12.5 Å². The summed E-state index contributed by atoms with van der Waals surface area (Å²) in [7, 11) is 0. The van der Waals surface area contributed by atoms with Crippen molar-refractivity contribution in [3.05, 3.63) is 83.1 Å². The average molecular weight is 447 g/mol. The molecule has 0 spiro atoms. The molecule has 1 N–H and O–H groups in total. The fraction of sp³-hybridized carbons (Fsp3) is 0.200. The van der Waals surface area contributed by atoms with Gasteiger partial charge in [0.05, 0.1) is 17.6 Å². The van der Waals surface area contributed by atoms with E-state index in [2.05, 4.69) is 14.8 Å². The van der Waals surface area contributed by atoms with Crippen LogP contribution in [0.25, 0.3) is 11.0 Å². The molecule has 162 valence electrons. The van der Waals surface area contributed by atoms with Gasteiger partial charge in [-0.25, -0.2) is 4.98 Å². The number of aryl methyl sites for hydroxylation is 1. The van der Waals surface area contributed by atoms with E-state index in [9.17, 15) is 4.79 Å². The minimum absolute atomic E-state index is 0.0302. The van der Waals surface area contributed by atoms with Gasteiger partial charge in [-0.3, -0.25) is 4.79 Å². The van der Waals surface area contributed by atoms with E-state index in [1.807, 2.05) is 73.7 Å². The Balaban J connectivity index is 1.21. The number of nitrogens with one attached hydrogen (secondary N) is 1. The summed E-state index contributed by atoms with van der Waals surface area (Å²) in [4.78, 5) is 19.3. The third-order valence-corrected chi connectivity index (χ3v) is 5.83. The maximum absolute atomic E-state index is 12.2. The van der Waals surface area contributed by atoms with Gasteiger partial charge in [-0.15, -0.1) is 0 Å². The summed E-state index contributed by atoms with van der Waals surface area (Å²) in [6.45, 7) is 4.43. The third-order valence-electron chi connectivity index (χ3n) is 5.59. The molecular formula is C25H23ClN4O2. The van der Waals surface area contributed by atoms with Crippen LogP contribution in [0.15, 0.2) is 66.7 Å². The highest BCUT2D eigenvalue weighted by Gasteiger charge is 2.20. The maximum atomic E-state index is 12.2. The number of hydrogen-bond donors (Lipinski definition) is 1. The number of anilines is 2. The predicted molar refractivity (Wildman–Crippen MR) is 128 cm³/mol. The van der Waals surface area contributed by atoms with Gasteiger partial charge < -0.3 is 19.5 Å². The first-order valence-corrected chi connectivity index (χ1v) is 10.9. The van der Waals surface area contributed by atoms with Crippen molar-refractivity contribution in [3.63, 3.8) is 0 Å². The number of amides is 1. The zero-order valence-electron chi connectivity index (χ0n) is 17.7. The molecule has 6 nitrogen and oxygen atoms in total. The first kappa shape index (κ1) is 20.4. The van der Waals surface area contributed by atoms with Gasteiger partial charge >= 0.3 is 0 Å². The Labute approximate surface area is 191 Å². The van der Waals surface area contributed by atoms with Crippen molar-refractivity contribution < 1.29 is 9.53 Å². The molecule has 1 aliphatic heterocycles. The lowest BCUT2D eigenvalue weighted by atomic mass is 10.2. The third kappa shape index (κ3) is 4.27. The molecule has 0 bridgehead atoms. The number of rotatable bonds is 5. The van der Waals surface area contributed by atoms with Crippen molar-refractivity contribution in [1.82, 2.24) is 9.55 Å².